The Morgan fingerprint density at radius 2 is 2.24 bits per heavy atom. The van der Waals surface area contributed by atoms with E-state index in [0.717, 1.165) is 39.1 Å². The Hall–Kier alpha value is -1.13. The number of hydrogen-bond acceptors (Lipinski definition) is 1. The van der Waals surface area contributed by atoms with Gasteiger partial charge in [-0.3, -0.25) is 4.79 Å². The van der Waals surface area contributed by atoms with E-state index in [1.165, 1.54) is 30.8 Å². The Labute approximate surface area is 133 Å². The van der Waals surface area contributed by atoms with Gasteiger partial charge in [-0.1, -0.05) is 22.9 Å². The zero-order chi connectivity index (χ0) is 15.0. The summed E-state index contributed by atoms with van der Waals surface area (Å²) >= 11 is 3.46. The van der Waals surface area contributed by atoms with Crippen molar-refractivity contribution < 1.29 is 4.90 Å². The van der Waals surface area contributed by atoms with Crippen LogP contribution in [0.5, 0.6) is 0 Å². The molecule has 3 rings (SSSR count). The third-order valence-corrected chi connectivity index (χ3v) is 5.06. The van der Waals surface area contributed by atoms with Gasteiger partial charge in [-0.15, -0.1) is 0 Å². The SMILES string of the molecule is Cc1[nH]c2ccc(Br)cc2c(=O)c1C[NH+]1CCC[C@@H](C)C1. The quantitative estimate of drug-likeness (QED) is 0.858. The first kappa shape index (κ1) is 14.8. The van der Waals surface area contributed by atoms with Crippen molar-refractivity contribution in [3.8, 4) is 0 Å². The molecule has 1 saturated heterocycles. The molecule has 1 aromatic carbocycles. The normalized spacial score (nSPS) is 22.6. The third kappa shape index (κ3) is 3.06. The fourth-order valence-corrected chi connectivity index (χ4v) is 3.81. The number of halogens is 1. The van der Waals surface area contributed by atoms with Crippen molar-refractivity contribution in [1.82, 2.24) is 4.98 Å². The Kier molecular flexibility index (Phi) is 4.18. The molecule has 4 heteroatoms. The molecule has 21 heavy (non-hydrogen) atoms. The van der Waals surface area contributed by atoms with Gasteiger partial charge in [0.15, 0.2) is 5.43 Å². The Balaban J connectivity index is 2.00. The summed E-state index contributed by atoms with van der Waals surface area (Å²) in [6.07, 6.45) is 2.59. The lowest BCUT2D eigenvalue weighted by molar-refractivity contribution is -0.922. The average molecular weight is 350 g/mol. The summed E-state index contributed by atoms with van der Waals surface area (Å²) in [6.45, 7) is 7.53. The smallest absolute Gasteiger partial charge is 0.198 e. The summed E-state index contributed by atoms with van der Waals surface area (Å²) in [4.78, 5) is 17.7. The molecule has 0 radical (unpaired) electrons. The summed E-state index contributed by atoms with van der Waals surface area (Å²) in [5.74, 6) is 0.766. The van der Waals surface area contributed by atoms with E-state index < -0.39 is 0 Å². The number of quaternary nitrogens is 1. The van der Waals surface area contributed by atoms with Crippen LogP contribution in [0, 0.1) is 12.8 Å². The maximum absolute atomic E-state index is 12.8. The lowest BCUT2D eigenvalue weighted by Gasteiger charge is -2.28. The number of nitrogens with one attached hydrogen (secondary N) is 2. The summed E-state index contributed by atoms with van der Waals surface area (Å²) in [7, 11) is 0. The van der Waals surface area contributed by atoms with E-state index in [4.69, 9.17) is 0 Å². The molecule has 2 heterocycles. The highest BCUT2D eigenvalue weighted by Crippen LogP contribution is 2.17. The van der Waals surface area contributed by atoms with Gasteiger partial charge in [-0.25, -0.2) is 0 Å². The first-order valence-corrected chi connectivity index (χ1v) is 8.48. The first-order valence-electron chi connectivity index (χ1n) is 7.69. The largest absolute Gasteiger partial charge is 0.358 e. The molecule has 1 aliphatic rings. The van der Waals surface area contributed by atoms with Crippen LogP contribution in [0.2, 0.25) is 0 Å². The minimum Gasteiger partial charge on any atom is -0.358 e. The molecule has 1 unspecified atom stereocenters. The molecule has 0 spiro atoms. The number of pyridine rings is 1. The molecular formula is C17H22BrN2O+. The predicted molar refractivity (Wildman–Crippen MR) is 89.8 cm³/mol. The topological polar surface area (TPSA) is 37.3 Å². The van der Waals surface area contributed by atoms with Crippen LogP contribution < -0.4 is 10.3 Å². The van der Waals surface area contributed by atoms with Crippen molar-refractivity contribution in [2.45, 2.75) is 33.2 Å². The zero-order valence-electron chi connectivity index (χ0n) is 12.6. The van der Waals surface area contributed by atoms with E-state index in [-0.39, 0.29) is 5.43 Å². The van der Waals surface area contributed by atoms with Crippen LogP contribution in [0.15, 0.2) is 27.5 Å². The average Bonchev–Trinajstić information content (AvgIpc) is 2.45. The van der Waals surface area contributed by atoms with Gasteiger partial charge >= 0.3 is 0 Å². The fourth-order valence-electron chi connectivity index (χ4n) is 3.44. The first-order chi connectivity index (χ1) is 10.0. The number of piperidine rings is 1. The second kappa shape index (κ2) is 5.93. The van der Waals surface area contributed by atoms with Crippen LogP contribution >= 0.6 is 15.9 Å². The molecule has 2 aromatic rings. The molecule has 3 nitrogen and oxygen atoms in total. The summed E-state index contributed by atoms with van der Waals surface area (Å²) in [6, 6.07) is 5.85. The number of likely N-dealkylation sites (tertiary alicyclic amines) is 1. The van der Waals surface area contributed by atoms with Gasteiger partial charge in [-0.2, -0.15) is 0 Å². The van der Waals surface area contributed by atoms with E-state index in [1.807, 2.05) is 25.1 Å². The number of benzene rings is 1. The Morgan fingerprint density at radius 1 is 1.43 bits per heavy atom. The van der Waals surface area contributed by atoms with Crippen LogP contribution in [-0.4, -0.2) is 18.1 Å². The number of aromatic nitrogens is 1. The monoisotopic (exact) mass is 349 g/mol. The molecule has 0 saturated carbocycles. The Bertz CT molecular complexity index is 723. The van der Waals surface area contributed by atoms with Crippen molar-refractivity contribution in [2.24, 2.45) is 5.92 Å². The zero-order valence-corrected chi connectivity index (χ0v) is 14.2. The van der Waals surface area contributed by atoms with E-state index >= 15 is 0 Å². The lowest BCUT2D eigenvalue weighted by atomic mass is 9.99. The van der Waals surface area contributed by atoms with Crippen LogP contribution in [0.4, 0.5) is 0 Å². The molecule has 1 aromatic heterocycles. The van der Waals surface area contributed by atoms with Gasteiger partial charge in [0.05, 0.1) is 18.7 Å². The van der Waals surface area contributed by atoms with E-state index in [2.05, 4.69) is 27.8 Å². The minimum absolute atomic E-state index is 0.188. The summed E-state index contributed by atoms with van der Waals surface area (Å²) < 4.78 is 0.953. The van der Waals surface area contributed by atoms with Crippen molar-refractivity contribution >= 4 is 26.8 Å². The van der Waals surface area contributed by atoms with Crippen molar-refractivity contribution in [1.29, 1.82) is 0 Å². The molecular weight excluding hydrogens is 328 g/mol. The van der Waals surface area contributed by atoms with E-state index in [1.54, 1.807) is 0 Å². The van der Waals surface area contributed by atoms with Crippen molar-refractivity contribution in [2.75, 3.05) is 13.1 Å². The number of H-pyrrole nitrogens is 1. The molecule has 1 aliphatic heterocycles. The van der Waals surface area contributed by atoms with Crippen molar-refractivity contribution in [3.63, 3.8) is 0 Å². The highest BCUT2D eigenvalue weighted by atomic mass is 79.9. The van der Waals surface area contributed by atoms with Gasteiger partial charge in [0.2, 0.25) is 0 Å². The van der Waals surface area contributed by atoms with Gasteiger partial charge in [0.25, 0.3) is 0 Å². The number of aryl methyl sites for hydroxylation is 1. The number of hydrogen-bond donors (Lipinski definition) is 2. The van der Waals surface area contributed by atoms with Crippen LogP contribution in [0.1, 0.15) is 31.0 Å². The summed E-state index contributed by atoms with van der Waals surface area (Å²) in [5.41, 5.74) is 3.07. The summed E-state index contributed by atoms with van der Waals surface area (Å²) in [5, 5.41) is 0.787. The van der Waals surface area contributed by atoms with E-state index in [0.29, 0.717) is 0 Å². The molecule has 0 amide bonds. The number of rotatable bonds is 2. The molecule has 1 fully saturated rings. The van der Waals surface area contributed by atoms with Crippen LogP contribution in [0.3, 0.4) is 0 Å². The van der Waals surface area contributed by atoms with Gasteiger partial charge in [0, 0.05) is 27.0 Å². The Morgan fingerprint density at radius 3 is 3.00 bits per heavy atom. The van der Waals surface area contributed by atoms with Crippen LogP contribution in [-0.2, 0) is 6.54 Å². The third-order valence-electron chi connectivity index (χ3n) is 4.57. The molecule has 2 N–H and O–H groups in total. The molecule has 0 bridgehead atoms. The van der Waals surface area contributed by atoms with Gasteiger partial charge < -0.3 is 9.88 Å². The fraction of sp³-hybridized carbons (Fsp3) is 0.471. The molecule has 112 valence electrons. The standard InChI is InChI=1S/C17H21BrN2O/c1-11-4-3-7-20(9-11)10-15-12(2)19-16-6-5-13(18)8-14(16)17(15)21/h5-6,8,11H,3-4,7,9-10H2,1-2H3,(H,19,21)/p+1/t11-/m1/s1. The second-order valence-electron chi connectivity index (χ2n) is 6.38. The molecule has 0 aliphatic carbocycles. The highest BCUT2D eigenvalue weighted by molar-refractivity contribution is 9.10. The maximum atomic E-state index is 12.8. The van der Waals surface area contributed by atoms with Gasteiger partial charge in [0.1, 0.15) is 6.54 Å². The minimum atomic E-state index is 0.188. The molecule has 2 atom stereocenters. The maximum Gasteiger partial charge on any atom is 0.198 e. The number of fused-ring (bicyclic) bond motifs is 1. The number of aromatic amines is 1. The highest BCUT2D eigenvalue weighted by Gasteiger charge is 2.22. The lowest BCUT2D eigenvalue weighted by Crippen LogP contribution is -3.12. The van der Waals surface area contributed by atoms with Gasteiger partial charge in [-0.05, 0) is 38.0 Å². The predicted octanol–water partition coefficient (Wildman–Crippen LogP) is 2.41. The van der Waals surface area contributed by atoms with Crippen molar-refractivity contribution in [3.05, 3.63) is 44.2 Å². The van der Waals surface area contributed by atoms with Crippen LogP contribution in [0.25, 0.3) is 10.9 Å². The second-order valence-corrected chi connectivity index (χ2v) is 7.29. The van der Waals surface area contributed by atoms with E-state index in [9.17, 15) is 4.79 Å².